The van der Waals surface area contributed by atoms with Crippen molar-refractivity contribution >= 4 is 19.2 Å². The van der Waals surface area contributed by atoms with Gasteiger partial charge in [0.05, 0.1) is 6.54 Å². The lowest BCUT2D eigenvalue weighted by Crippen LogP contribution is -2.39. The third-order valence-corrected chi connectivity index (χ3v) is 3.01. The van der Waals surface area contributed by atoms with Crippen LogP contribution in [0.5, 0.6) is 0 Å². The molecule has 0 fully saturated rings. The highest BCUT2D eigenvalue weighted by Gasteiger charge is 2.17. The van der Waals surface area contributed by atoms with Crippen LogP contribution in [0.4, 0.5) is 0 Å². The molecule has 1 atom stereocenters. The molecule has 18 heavy (non-hydrogen) atoms. The highest BCUT2D eigenvalue weighted by Crippen LogP contribution is 2.33. The van der Waals surface area contributed by atoms with Crippen LogP contribution in [0.3, 0.4) is 0 Å². The van der Waals surface area contributed by atoms with E-state index < -0.39 is 25.3 Å². The number of unbranched alkanes of at least 4 members (excludes halogenated alkanes) is 2. The topological polar surface area (TPSA) is 107 Å². The van der Waals surface area contributed by atoms with Crippen molar-refractivity contribution in [2.24, 2.45) is 0 Å². The summed E-state index contributed by atoms with van der Waals surface area (Å²) in [5.41, 5.74) is 0. The fourth-order valence-electron chi connectivity index (χ4n) is 1.22. The summed E-state index contributed by atoms with van der Waals surface area (Å²) >= 11 is 0. The highest BCUT2D eigenvalue weighted by atomic mass is 31.2. The van der Waals surface area contributed by atoms with E-state index in [0.29, 0.717) is 11.5 Å². The quantitative estimate of drug-likeness (QED) is 0.258. The molecule has 0 aliphatic carbocycles. The minimum atomic E-state index is -3.43. The molecule has 2 amide bonds. The van der Waals surface area contributed by atoms with Crippen molar-refractivity contribution in [2.45, 2.75) is 26.2 Å². The van der Waals surface area contributed by atoms with Gasteiger partial charge < -0.3 is 10.2 Å². The van der Waals surface area contributed by atoms with E-state index in [-0.39, 0.29) is 13.1 Å². The van der Waals surface area contributed by atoms with E-state index in [1.54, 1.807) is 0 Å². The number of amides is 2. The van der Waals surface area contributed by atoms with Crippen molar-refractivity contribution in [1.29, 1.82) is 0 Å². The van der Waals surface area contributed by atoms with Gasteiger partial charge in [0, 0.05) is 13.2 Å². The van der Waals surface area contributed by atoms with E-state index >= 15 is 0 Å². The summed E-state index contributed by atoms with van der Waals surface area (Å²) in [7, 11) is -3.43. The zero-order valence-electron chi connectivity index (χ0n) is 10.8. The van der Waals surface area contributed by atoms with Crippen molar-refractivity contribution in [3.05, 3.63) is 0 Å². The van der Waals surface area contributed by atoms with Crippen LogP contribution >= 0.6 is 7.37 Å². The van der Waals surface area contributed by atoms with E-state index in [9.17, 15) is 19.4 Å². The number of nitrogens with zero attached hydrogens (tertiary/aromatic N) is 1. The molecule has 1 unspecified atom stereocenters. The van der Waals surface area contributed by atoms with Gasteiger partial charge in [-0.25, -0.2) is 5.06 Å². The standard InChI is InChI=1S/C10H21N2O5P/c1-3-4-5-6-12(15)10(14)7-11-9(13)8-18(2,16)17/h15H,3-8H2,1-2H3,(H,11,13)(H,16,17). The Kier molecular flexibility index (Phi) is 7.82. The average Bonchev–Trinajstić information content (AvgIpc) is 2.23. The van der Waals surface area contributed by atoms with Crippen molar-refractivity contribution in [3.63, 3.8) is 0 Å². The molecule has 0 radical (unpaired) electrons. The summed E-state index contributed by atoms with van der Waals surface area (Å²) in [5.74, 6) is -1.32. The van der Waals surface area contributed by atoms with Crippen molar-refractivity contribution in [2.75, 3.05) is 25.9 Å². The van der Waals surface area contributed by atoms with Gasteiger partial charge in [-0.3, -0.25) is 19.4 Å². The van der Waals surface area contributed by atoms with Crippen molar-refractivity contribution < 1.29 is 24.3 Å². The monoisotopic (exact) mass is 280 g/mol. The Labute approximate surface area is 107 Å². The Morgan fingerprint density at radius 1 is 1.33 bits per heavy atom. The van der Waals surface area contributed by atoms with E-state index in [4.69, 9.17) is 4.89 Å². The summed E-state index contributed by atoms with van der Waals surface area (Å²) < 4.78 is 10.9. The third-order valence-electron chi connectivity index (χ3n) is 2.14. The Morgan fingerprint density at radius 2 is 1.94 bits per heavy atom. The van der Waals surface area contributed by atoms with E-state index in [2.05, 4.69) is 5.32 Å². The maximum Gasteiger partial charge on any atom is 0.265 e. The van der Waals surface area contributed by atoms with Crippen LogP contribution in [0.2, 0.25) is 0 Å². The Hall–Kier alpha value is -0.910. The Bertz CT molecular complexity index is 328. The zero-order valence-corrected chi connectivity index (χ0v) is 11.7. The molecule has 0 spiro atoms. The molecule has 0 saturated heterocycles. The highest BCUT2D eigenvalue weighted by molar-refractivity contribution is 7.58. The summed E-state index contributed by atoms with van der Waals surface area (Å²) in [6.07, 6.45) is 2.04. The van der Waals surface area contributed by atoms with Gasteiger partial charge in [-0.1, -0.05) is 19.8 Å². The predicted octanol–water partition coefficient (Wildman–Crippen LogP) is 0.411. The van der Waals surface area contributed by atoms with Gasteiger partial charge in [-0.15, -0.1) is 0 Å². The van der Waals surface area contributed by atoms with Gasteiger partial charge in [-0.2, -0.15) is 0 Å². The second-order valence-corrected chi connectivity index (χ2v) is 6.63. The molecule has 0 rings (SSSR count). The van der Waals surface area contributed by atoms with E-state index in [0.717, 1.165) is 19.5 Å². The number of carbonyl (C=O) groups excluding carboxylic acids is 2. The average molecular weight is 280 g/mol. The van der Waals surface area contributed by atoms with E-state index in [1.807, 2.05) is 6.92 Å². The largest absolute Gasteiger partial charge is 0.346 e. The molecule has 7 nitrogen and oxygen atoms in total. The molecule has 0 aliphatic heterocycles. The molecule has 8 heteroatoms. The van der Waals surface area contributed by atoms with Crippen LogP contribution in [0.25, 0.3) is 0 Å². The Balaban J connectivity index is 3.88. The second-order valence-electron chi connectivity index (χ2n) is 4.21. The lowest BCUT2D eigenvalue weighted by molar-refractivity contribution is -0.164. The van der Waals surface area contributed by atoms with Gasteiger partial charge >= 0.3 is 0 Å². The van der Waals surface area contributed by atoms with Gasteiger partial charge in [0.15, 0.2) is 0 Å². The maximum absolute atomic E-state index is 11.3. The minimum absolute atomic E-state index is 0.217. The molecule has 106 valence electrons. The van der Waals surface area contributed by atoms with Crippen molar-refractivity contribution in [3.8, 4) is 0 Å². The fourth-order valence-corrected chi connectivity index (χ4v) is 1.87. The number of nitrogens with one attached hydrogen (secondary N) is 1. The zero-order chi connectivity index (χ0) is 14.2. The SMILES string of the molecule is CCCCCN(O)C(=O)CNC(=O)CP(C)(=O)O. The number of hydrogen-bond donors (Lipinski definition) is 3. The normalized spacial score (nSPS) is 13.8. The third kappa shape index (κ3) is 9.15. The predicted molar refractivity (Wildman–Crippen MR) is 66.7 cm³/mol. The first kappa shape index (κ1) is 17.1. The first-order chi connectivity index (χ1) is 8.26. The smallest absolute Gasteiger partial charge is 0.265 e. The molecule has 0 saturated carbocycles. The van der Waals surface area contributed by atoms with Crippen LogP contribution < -0.4 is 5.32 Å². The molecular weight excluding hydrogens is 259 g/mol. The first-order valence-electron chi connectivity index (χ1n) is 5.81. The van der Waals surface area contributed by atoms with Crippen LogP contribution in [0.1, 0.15) is 26.2 Å². The second kappa shape index (κ2) is 8.24. The summed E-state index contributed by atoms with van der Waals surface area (Å²) in [6, 6.07) is 0. The van der Waals surface area contributed by atoms with Crippen LogP contribution in [0, 0.1) is 0 Å². The molecule has 0 aromatic heterocycles. The number of hydrogen-bond acceptors (Lipinski definition) is 4. The molecule has 0 aromatic rings. The molecular formula is C10H21N2O5P. The molecule has 0 aliphatic rings. The summed E-state index contributed by atoms with van der Waals surface area (Å²) in [5, 5.41) is 12.1. The van der Waals surface area contributed by atoms with Crippen LogP contribution in [0.15, 0.2) is 0 Å². The molecule has 0 heterocycles. The maximum atomic E-state index is 11.3. The first-order valence-corrected chi connectivity index (χ1v) is 8.10. The molecule has 0 bridgehead atoms. The van der Waals surface area contributed by atoms with Gasteiger partial charge in [0.2, 0.25) is 13.3 Å². The number of hydroxylamine groups is 2. The molecule has 3 N–H and O–H groups in total. The van der Waals surface area contributed by atoms with Crippen LogP contribution in [-0.4, -0.2) is 52.9 Å². The van der Waals surface area contributed by atoms with Gasteiger partial charge in [-0.05, 0) is 6.42 Å². The van der Waals surface area contributed by atoms with Gasteiger partial charge in [0.1, 0.15) is 6.16 Å². The summed E-state index contributed by atoms with van der Waals surface area (Å²) in [4.78, 5) is 31.4. The van der Waals surface area contributed by atoms with Crippen LogP contribution in [-0.2, 0) is 14.2 Å². The lowest BCUT2D eigenvalue weighted by Gasteiger charge is -2.15. The minimum Gasteiger partial charge on any atom is -0.346 e. The number of rotatable bonds is 8. The molecule has 0 aromatic carbocycles. The summed E-state index contributed by atoms with van der Waals surface area (Å²) in [6.45, 7) is 2.91. The number of carbonyl (C=O) groups is 2. The Morgan fingerprint density at radius 3 is 2.44 bits per heavy atom. The van der Waals surface area contributed by atoms with Crippen molar-refractivity contribution in [1.82, 2.24) is 10.4 Å². The fraction of sp³-hybridized carbons (Fsp3) is 0.800. The lowest BCUT2D eigenvalue weighted by atomic mass is 10.2. The van der Waals surface area contributed by atoms with Gasteiger partial charge in [0.25, 0.3) is 5.91 Å². The van der Waals surface area contributed by atoms with E-state index in [1.165, 1.54) is 0 Å².